The van der Waals surface area contributed by atoms with Crippen molar-refractivity contribution < 1.29 is 22.6 Å². The molecule has 1 fully saturated rings. The number of ether oxygens (including phenoxy) is 3. The van der Waals surface area contributed by atoms with E-state index in [0.29, 0.717) is 18.1 Å². The highest BCUT2D eigenvalue weighted by atomic mass is 32.2. The summed E-state index contributed by atoms with van der Waals surface area (Å²) >= 11 is 0. The summed E-state index contributed by atoms with van der Waals surface area (Å²) in [6.07, 6.45) is 0. The van der Waals surface area contributed by atoms with Gasteiger partial charge in [0, 0.05) is 12.5 Å². The summed E-state index contributed by atoms with van der Waals surface area (Å²) in [5.74, 6) is 0.696. The lowest BCUT2D eigenvalue weighted by Crippen LogP contribution is -2.19. The first-order valence-corrected chi connectivity index (χ1v) is 10.3. The smallest absolute Gasteiger partial charge is 0.231 e. The molecule has 140 valence electrons. The Morgan fingerprint density at radius 1 is 1.19 bits per heavy atom. The summed E-state index contributed by atoms with van der Waals surface area (Å²) in [5.41, 5.74) is -0.386. The normalized spacial score (nSPS) is 25.8. The van der Waals surface area contributed by atoms with Crippen molar-refractivity contribution in [2.75, 3.05) is 20.0 Å². The molecule has 2 aromatic rings. The molecule has 4 rings (SSSR count). The van der Waals surface area contributed by atoms with Gasteiger partial charge in [-0.15, -0.1) is 0 Å². The number of sulfone groups is 1. The van der Waals surface area contributed by atoms with Crippen LogP contribution in [0.5, 0.6) is 11.5 Å². The third-order valence-electron chi connectivity index (χ3n) is 5.17. The molecule has 2 aromatic carbocycles. The molecule has 6 nitrogen and oxygen atoms in total. The van der Waals surface area contributed by atoms with E-state index in [9.17, 15) is 13.7 Å². The second-order valence-corrected chi connectivity index (χ2v) is 8.73. The van der Waals surface area contributed by atoms with E-state index < -0.39 is 26.4 Å². The van der Waals surface area contributed by atoms with Gasteiger partial charge in [-0.1, -0.05) is 24.3 Å². The largest absolute Gasteiger partial charge is 0.454 e. The van der Waals surface area contributed by atoms with Crippen molar-refractivity contribution >= 4 is 9.84 Å². The number of benzene rings is 2. The molecule has 1 aliphatic carbocycles. The first-order valence-electron chi connectivity index (χ1n) is 8.72. The fourth-order valence-corrected chi connectivity index (χ4v) is 6.14. The Bertz CT molecular complexity index is 999. The van der Waals surface area contributed by atoms with Crippen molar-refractivity contribution in [2.24, 2.45) is 5.41 Å². The quantitative estimate of drug-likeness (QED) is 0.760. The fraction of sp³-hybridized carbons (Fsp3) is 0.350. The minimum atomic E-state index is -3.70. The lowest BCUT2D eigenvalue weighted by molar-refractivity contribution is 0.117. The molecule has 2 aliphatic rings. The van der Waals surface area contributed by atoms with Crippen molar-refractivity contribution in [2.45, 2.75) is 23.0 Å². The van der Waals surface area contributed by atoms with Gasteiger partial charge in [-0.05, 0) is 36.8 Å². The van der Waals surface area contributed by atoms with E-state index in [1.54, 1.807) is 48.5 Å². The Morgan fingerprint density at radius 2 is 1.93 bits per heavy atom. The molecule has 0 spiro atoms. The van der Waals surface area contributed by atoms with Gasteiger partial charge in [-0.2, -0.15) is 5.26 Å². The summed E-state index contributed by atoms with van der Waals surface area (Å²) in [6, 6.07) is 15.8. The molecule has 1 aliphatic heterocycles. The molecule has 0 radical (unpaired) electrons. The van der Waals surface area contributed by atoms with Gasteiger partial charge in [0.25, 0.3) is 0 Å². The highest BCUT2D eigenvalue weighted by Crippen LogP contribution is 2.64. The standard InChI is InChI=1S/C20H19NO5S/c1-2-24-12-20(11-21)18(14-8-9-16-17(10-14)26-13-25-16)19(20)27(22,23)15-6-4-3-5-7-15/h3-10,18-19H,2,12-13H2,1H3. The first-order chi connectivity index (χ1) is 13.0. The van der Waals surface area contributed by atoms with Gasteiger partial charge in [0.1, 0.15) is 5.41 Å². The average molecular weight is 385 g/mol. The van der Waals surface area contributed by atoms with Gasteiger partial charge in [0.2, 0.25) is 6.79 Å². The van der Waals surface area contributed by atoms with Crippen molar-refractivity contribution in [1.82, 2.24) is 0 Å². The number of rotatable bonds is 6. The van der Waals surface area contributed by atoms with Crippen LogP contribution in [-0.4, -0.2) is 33.7 Å². The van der Waals surface area contributed by atoms with Gasteiger partial charge in [-0.3, -0.25) is 0 Å². The van der Waals surface area contributed by atoms with Gasteiger partial charge in [0.05, 0.1) is 22.8 Å². The third kappa shape index (κ3) is 2.76. The number of hydrogen-bond acceptors (Lipinski definition) is 6. The average Bonchev–Trinajstić information content (AvgIpc) is 3.15. The van der Waals surface area contributed by atoms with Crippen LogP contribution in [-0.2, 0) is 14.6 Å². The van der Waals surface area contributed by atoms with Crippen LogP contribution in [0, 0.1) is 16.7 Å². The molecule has 0 aromatic heterocycles. The second-order valence-electron chi connectivity index (χ2n) is 6.66. The number of fused-ring (bicyclic) bond motifs is 1. The van der Waals surface area contributed by atoms with Crippen molar-refractivity contribution in [1.29, 1.82) is 5.26 Å². The monoisotopic (exact) mass is 385 g/mol. The maximum Gasteiger partial charge on any atom is 0.231 e. The predicted molar refractivity (Wildman–Crippen MR) is 97.3 cm³/mol. The van der Waals surface area contributed by atoms with Crippen LogP contribution < -0.4 is 9.47 Å². The van der Waals surface area contributed by atoms with Crippen LogP contribution in [0.1, 0.15) is 18.4 Å². The van der Waals surface area contributed by atoms with Gasteiger partial charge >= 0.3 is 0 Å². The summed E-state index contributed by atoms with van der Waals surface area (Å²) in [6.45, 7) is 2.44. The van der Waals surface area contributed by atoms with E-state index in [4.69, 9.17) is 14.2 Å². The Balaban J connectivity index is 1.77. The van der Waals surface area contributed by atoms with E-state index in [2.05, 4.69) is 6.07 Å². The molecular weight excluding hydrogens is 366 g/mol. The van der Waals surface area contributed by atoms with E-state index in [0.717, 1.165) is 5.56 Å². The Labute approximate surface area is 158 Å². The minimum absolute atomic E-state index is 0.0653. The number of nitriles is 1. The van der Waals surface area contributed by atoms with Crippen LogP contribution in [0.2, 0.25) is 0 Å². The molecule has 1 heterocycles. The fourth-order valence-electron chi connectivity index (χ4n) is 3.80. The van der Waals surface area contributed by atoms with Crippen LogP contribution in [0.15, 0.2) is 53.4 Å². The van der Waals surface area contributed by atoms with Crippen LogP contribution >= 0.6 is 0 Å². The van der Waals surface area contributed by atoms with E-state index in [-0.39, 0.29) is 18.3 Å². The van der Waals surface area contributed by atoms with E-state index >= 15 is 0 Å². The summed E-state index contributed by atoms with van der Waals surface area (Å²) < 4.78 is 42.8. The van der Waals surface area contributed by atoms with Gasteiger partial charge in [0.15, 0.2) is 21.3 Å². The zero-order chi connectivity index (χ0) is 19.1. The molecular formula is C20H19NO5S. The van der Waals surface area contributed by atoms with E-state index in [1.807, 2.05) is 6.92 Å². The third-order valence-corrected chi connectivity index (χ3v) is 7.46. The zero-order valence-corrected chi connectivity index (χ0v) is 15.6. The highest BCUT2D eigenvalue weighted by Gasteiger charge is 2.72. The molecule has 0 amide bonds. The molecule has 0 saturated heterocycles. The van der Waals surface area contributed by atoms with Crippen LogP contribution in [0.3, 0.4) is 0 Å². The maximum absolute atomic E-state index is 13.3. The molecule has 1 saturated carbocycles. The zero-order valence-electron chi connectivity index (χ0n) is 14.8. The molecule has 0 bridgehead atoms. The molecule has 27 heavy (non-hydrogen) atoms. The van der Waals surface area contributed by atoms with E-state index in [1.165, 1.54) is 0 Å². The Hall–Kier alpha value is -2.56. The molecule has 7 heteroatoms. The second kappa shape index (κ2) is 6.55. The van der Waals surface area contributed by atoms with Crippen LogP contribution in [0.4, 0.5) is 0 Å². The summed E-state index contributed by atoms with van der Waals surface area (Å²) in [5, 5.41) is 9.07. The number of hydrogen-bond donors (Lipinski definition) is 0. The Morgan fingerprint density at radius 3 is 2.63 bits per heavy atom. The topological polar surface area (TPSA) is 85.6 Å². The lowest BCUT2D eigenvalue weighted by Gasteiger charge is -2.10. The van der Waals surface area contributed by atoms with Crippen LogP contribution in [0.25, 0.3) is 0 Å². The predicted octanol–water partition coefficient (Wildman–Crippen LogP) is 2.90. The summed E-state index contributed by atoms with van der Waals surface area (Å²) in [7, 11) is -3.70. The number of nitrogens with zero attached hydrogens (tertiary/aromatic N) is 1. The minimum Gasteiger partial charge on any atom is -0.454 e. The molecule has 3 atom stereocenters. The van der Waals surface area contributed by atoms with Crippen molar-refractivity contribution in [3.8, 4) is 17.6 Å². The molecule has 0 N–H and O–H groups in total. The summed E-state index contributed by atoms with van der Waals surface area (Å²) in [4.78, 5) is 0.217. The van der Waals surface area contributed by atoms with Crippen molar-refractivity contribution in [3.63, 3.8) is 0 Å². The first kappa shape index (κ1) is 17.8. The van der Waals surface area contributed by atoms with Crippen molar-refractivity contribution in [3.05, 3.63) is 54.1 Å². The van der Waals surface area contributed by atoms with Gasteiger partial charge < -0.3 is 14.2 Å². The SMILES string of the molecule is CCOCC1(C#N)C(c2ccc3c(c2)OCO3)C1S(=O)(=O)c1ccccc1. The highest BCUT2D eigenvalue weighted by molar-refractivity contribution is 7.92. The lowest BCUT2D eigenvalue weighted by atomic mass is 10.0. The Kier molecular flexibility index (Phi) is 4.33. The van der Waals surface area contributed by atoms with Gasteiger partial charge in [-0.25, -0.2) is 8.42 Å². The molecule has 3 unspecified atom stereocenters. The maximum atomic E-state index is 13.3.